The average Bonchev–Trinajstić information content (AvgIpc) is 2.34. The Morgan fingerprint density at radius 2 is 1.89 bits per heavy atom. The van der Waals surface area contributed by atoms with Crippen LogP contribution in [0.5, 0.6) is 0 Å². The fourth-order valence-corrected chi connectivity index (χ4v) is 3.03. The second-order valence-corrected chi connectivity index (χ2v) is 6.46. The molecule has 4 nitrogen and oxygen atoms in total. The molecule has 0 heterocycles. The van der Waals surface area contributed by atoms with Crippen LogP contribution in [0.3, 0.4) is 0 Å². The first-order valence-electron chi connectivity index (χ1n) is 5.47. The van der Waals surface area contributed by atoms with Crippen LogP contribution in [0.2, 0.25) is 0 Å². The monoisotopic (exact) mass is 334 g/mol. The highest BCUT2D eigenvalue weighted by atomic mass is 79.9. The molecule has 0 aliphatic heterocycles. The molecular formula is C12H15BrO4S. The molecule has 0 bridgehead atoms. The Kier molecular flexibility index (Phi) is 5.81. The lowest BCUT2D eigenvalue weighted by Gasteiger charge is -2.05. The number of ether oxygens (including phenoxy) is 1. The van der Waals surface area contributed by atoms with Crippen LogP contribution in [0.15, 0.2) is 29.2 Å². The van der Waals surface area contributed by atoms with Gasteiger partial charge >= 0.3 is 5.97 Å². The number of rotatable bonds is 6. The normalized spacial score (nSPS) is 11.2. The largest absolute Gasteiger partial charge is 0.466 e. The smallest absolute Gasteiger partial charge is 0.302 e. The summed E-state index contributed by atoms with van der Waals surface area (Å²) in [6, 6.07) is 6.73. The van der Waals surface area contributed by atoms with E-state index in [4.69, 9.17) is 4.74 Å². The summed E-state index contributed by atoms with van der Waals surface area (Å²) >= 11 is 3.30. The maximum absolute atomic E-state index is 11.9. The van der Waals surface area contributed by atoms with Crippen molar-refractivity contribution in [3.05, 3.63) is 29.8 Å². The fourth-order valence-electron chi connectivity index (χ4n) is 1.37. The highest BCUT2D eigenvalue weighted by molar-refractivity contribution is 9.08. The number of sulfone groups is 1. The lowest BCUT2D eigenvalue weighted by atomic mass is 10.2. The van der Waals surface area contributed by atoms with Crippen molar-refractivity contribution in [2.24, 2.45) is 0 Å². The Hall–Kier alpha value is -0.880. The predicted octanol–water partition coefficient (Wildman–Crippen LogP) is 2.31. The van der Waals surface area contributed by atoms with Gasteiger partial charge in [0.25, 0.3) is 0 Å². The van der Waals surface area contributed by atoms with Gasteiger partial charge in [-0.1, -0.05) is 28.1 Å². The summed E-state index contributed by atoms with van der Waals surface area (Å²) in [5, 5.41) is 0.694. The van der Waals surface area contributed by atoms with E-state index in [9.17, 15) is 13.2 Å². The zero-order chi connectivity index (χ0) is 13.6. The van der Waals surface area contributed by atoms with Crippen LogP contribution in [0.1, 0.15) is 18.9 Å². The first kappa shape index (κ1) is 15.2. The molecule has 0 spiro atoms. The summed E-state index contributed by atoms with van der Waals surface area (Å²) < 4.78 is 28.5. The molecule has 0 amide bonds. The molecule has 100 valence electrons. The molecule has 0 aromatic heterocycles. The van der Waals surface area contributed by atoms with Gasteiger partial charge in [-0.15, -0.1) is 0 Å². The van der Waals surface area contributed by atoms with E-state index in [1.807, 2.05) is 0 Å². The molecule has 18 heavy (non-hydrogen) atoms. The maximum Gasteiger partial charge on any atom is 0.302 e. The lowest BCUT2D eigenvalue weighted by molar-refractivity contribution is -0.140. The van der Waals surface area contributed by atoms with E-state index in [0.29, 0.717) is 16.6 Å². The molecule has 6 heteroatoms. The number of esters is 1. The van der Waals surface area contributed by atoms with Crippen LogP contribution < -0.4 is 0 Å². The molecule has 0 unspecified atom stereocenters. The minimum Gasteiger partial charge on any atom is -0.466 e. The van der Waals surface area contributed by atoms with E-state index in [2.05, 4.69) is 15.9 Å². The van der Waals surface area contributed by atoms with Gasteiger partial charge in [0, 0.05) is 12.3 Å². The van der Waals surface area contributed by atoms with Gasteiger partial charge < -0.3 is 4.74 Å². The topological polar surface area (TPSA) is 60.4 Å². The van der Waals surface area contributed by atoms with Crippen molar-refractivity contribution in [3.8, 4) is 0 Å². The predicted molar refractivity (Wildman–Crippen MR) is 72.4 cm³/mol. The van der Waals surface area contributed by atoms with Gasteiger partial charge in [0.1, 0.15) is 0 Å². The Balaban J connectivity index is 2.59. The van der Waals surface area contributed by atoms with Gasteiger partial charge in [-0.2, -0.15) is 0 Å². The molecule has 0 aliphatic carbocycles. The van der Waals surface area contributed by atoms with E-state index in [1.165, 1.54) is 6.92 Å². The van der Waals surface area contributed by atoms with Crippen molar-refractivity contribution >= 4 is 31.7 Å². The third kappa shape index (κ3) is 4.78. The number of hydrogen-bond acceptors (Lipinski definition) is 4. The minimum atomic E-state index is -3.29. The van der Waals surface area contributed by atoms with Crippen molar-refractivity contribution in [3.63, 3.8) is 0 Å². The van der Waals surface area contributed by atoms with Crippen molar-refractivity contribution < 1.29 is 17.9 Å². The summed E-state index contributed by atoms with van der Waals surface area (Å²) in [6.45, 7) is 1.43. The van der Waals surface area contributed by atoms with Crippen LogP contribution in [-0.4, -0.2) is 26.7 Å². The van der Waals surface area contributed by atoms with Crippen molar-refractivity contribution in [2.45, 2.75) is 23.6 Å². The van der Waals surface area contributed by atoms with Crippen molar-refractivity contribution in [1.82, 2.24) is 0 Å². The Bertz CT molecular complexity index is 493. The molecule has 1 aromatic carbocycles. The zero-order valence-electron chi connectivity index (χ0n) is 10.1. The third-order valence-corrected chi connectivity index (χ3v) is 4.76. The SMILES string of the molecule is CC(=O)OCCCS(=O)(=O)c1ccc(CBr)cc1. The van der Waals surface area contributed by atoms with Crippen molar-refractivity contribution in [1.29, 1.82) is 0 Å². The van der Waals surface area contributed by atoms with Crippen molar-refractivity contribution in [2.75, 3.05) is 12.4 Å². The van der Waals surface area contributed by atoms with E-state index in [-0.39, 0.29) is 12.4 Å². The summed E-state index contributed by atoms with van der Waals surface area (Å²) in [7, 11) is -3.29. The molecule has 0 radical (unpaired) electrons. The van der Waals surface area contributed by atoms with Crippen LogP contribution in [0.4, 0.5) is 0 Å². The molecule has 0 fully saturated rings. The van der Waals surface area contributed by atoms with E-state index >= 15 is 0 Å². The average molecular weight is 335 g/mol. The Morgan fingerprint density at radius 3 is 2.39 bits per heavy atom. The second-order valence-electron chi connectivity index (χ2n) is 3.79. The quantitative estimate of drug-likeness (QED) is 0.455. The van der Waals surface area contributed by atoms with E-state index in [1.54, 1.807) is 24.3 Å². The standard InChI is InChI=1S/C12H15BrO4S/c1-10(14)17-7-2-8-18(15,16)12-5-3-11(9-13)4-6-12/h3-6H,2,7-9H2,1H3. The maximum atomic E-state index is 11.9. The second kappa shape index (κ2) is 6.89. The van der Waals surface area contributed by atoms with Gasteiger partial charge in [0.2, 0.25) is 0 Å². The Labute approximate surface area is 115 Å². The van der Waals surface area contributed by atoms with Gasteiger partial charge in [0.15, 0.2) is 9.84 Å². The first-order chi connectivity index (χ1) is 8.45. The molecule has 0 atom stereocenters. The summed E-state index contributed by atoms with van der Waals surface area (Å²) in [5.74, 6) is -0.414. The number of hydrogen-bond donors (Lipinski definition) is 0. The number of halogens is 1. The number of carbonyl (C=O) groups excluding carboxylic acids is 1. The van der Waals surface area contributed by atoms with Crippen LogP contribution in [0.25, 0.3) is 0 Å². The van der Waals surface area contributed by atoms with Crippen LogP contribution in [0, 0.1) is 0 Å². The third-order valence-electron chi connectivity index (χ3n) is 2.30. The molecule has 1 aromatic rings. The molecule has 0 aliphatic rings. The first-order valence-corrected chi connectivity index (χ1v) is 8.24. The molecule has 0 saturated carbocycles. The summed E-state index contributed by atoms with van der Waals surface area (Å²) in [5.41, 5.74) is 1.02. The summed E-state index contributed by atoms with van der Waals surface area (Å²) in [6.07, 6.45) is 0.308. The van der Waals surface area contributed by atoms with Crippen LogP contribution in [-0.2, 0) is 24.7 Å². The van der Waals surface area contributed by atoms with Gasteiger partial charge in [0.05, 0.1) is 17.3 Å². The van der Waals surface area contributed by atoms with Gasteiger partial charge in [-0.3, -0.25) is 4.79 Å². The number of carbonyl (C=O) groups is 1. The molecule has 0 N–H and O–H groups in total. The van der Waals surface area contributed by atoms with Gasteiger partial charge in [-0.25, -0.2) is 8.42 Å². The zero-order valence-corrected chi connectivity index (χ0v) is 12.5. The highest BCUT2D eigenvalue weighted by Crippen LogP contribution is 2.14. The van der Waals surface area contributed by atoms with Gasteiger partial charge in [-0.05, 0) is 24.1 Å². The number of alkyl halides is 1. The minimum absolute atomic E-state index is 0.0199. The Morgan fingerprint density at radius 1 is 1.28 bits per heavy atom. The van der Waals surface area contributed by atoms with E-state index < -0.39 is 15.8 Å². The summed E-state index contributed by atoms with van der Waals surface area (Å²) in [4.78, 5) is 10.8. The van der Waals surface area contributed by atoms with Crippen LogP contribution >= 0.6 is 15.9 Å². The molecule has 1 rings (SSSR count). The highest BCUT2D eigenvalue weighted by Gasteiger charge is 2.13. The molecular weight excluding hydrogens is 320 g/mol. The fraction of sp³-hybridized carbons (Fsp3) is 0.417. The lowest BCUT2D eigenvalue weighted by Crippen LogP contribution is -2.10. The van der Waals surface area contributed by atoms with E-state index in [0.717, 1.165) is 5.56 Å². The molecule has 0 saturated heterocycles. The number of benzene rings is 1.